The van der Waals surface area contributed by atoms with E-state index in [0.29, 0.717) is 25.7 Å². The smallest absolute Gasteiger partial charge is 0.187 e. The minimum atomic E-state index is -1.81. The predicted octanol–water partition coefficient (Wildman–Crippen LogP) is -3.84. The van der Waals surface area contributed by atoms with Crippen LogP contribution in [0, 0.1) is 52.3 Å². The van der Waals surface area contributed by atoms with Gasteiger partial charge >= 0.3 is 0 Å². The number of hydrogen-bond donors (Lipinski definition) is 14. The third kappa shape index (κ3) is 8.84. The van der Waals surface area contributed by atoms with Crippen molar-refractivity contribution in [3.8, 4) is 0 Å². The van der Waals surface area contributed by atoms with Crippen molar-refractivity contribution in [1.29, 1.82) is 0 Å². The van der Waals surface area contributed by atoms with E-state index in [2.05, 4.69) is 13.8 Å². The van der Waals surface area contributed by atoms with Gasteiger partial charge in [0.25, 0.3) is 0 Å². The number of rotatable bonds is 13. The Morgan fingerprint density at radius 3 is 1.83 bits per heavy atom. The maximum absolute atomic E-state index is 12.0. The van der Waals surface area contributed by atoms with E-state index in [1.54, 1.807) is 0 Å². The van der Waals surface area contributed by atoms with Crippen molar-refractivity contribution < 1.29 is 105 Å². The second kappa shape index (κ2) is 19.6. The van der Waals surface area contributed by atoms with E-state index >= 15 is 0 Å². The van der Waals surface area contributed by atoms with Gasteiger partial charge in [-0.3, -0.25) is 0 Å². The van der Waals surface area contributed by atoms with Crippen LogP contribution >= 0.6 is 0 Å². The van der Waals surface area contributed by atoms with Crippen LogP contribution in [0.25, 0.3) is 0 Å². The van der Waals surface area contributed by atoms with Gasteiger partial charge < -0.3 is 105 Å². The van der Waals surface area contributed by atoms with Crippen LogP contribution in [0.2, 0.25) is 0 Å². The molecule has 8 fully saturated rings. The number of ether oxygens (including phenoxy) is 7. The average Bonchev–Trinajstić information content (AvgIpc) is 3.72. The summed E-state index contributed by atoms with van der Waals surface area (Å²) in [7, 11) is 0. The Labute approximate surface area is 384 Å². The van der Waals surface area contributed by atoms with Gasteiger partial charge in [-0.05, 0) is 91.3 Å². The molecule has 4 heterocycles. The fraction of sp³-hybridized carbons (Fsp3) is 1.00. The Bertz CT molecular complexity index is 1630. The van der Waals surface area contributed by atoms with Crippen molar-refractivity contribution in [1.82, 2.24) is 0 Å². The molecule has 4 saturated heterocycles. The standard InChI is InChI=1S/C45H76O21/c1-17(16-60-40-36(56)33(53)31(51)27(13-46)62-40)5-8-45(59)18(2)30-26(66-45)10-21-19-9-23(49)22-11-25(24(50)12-44(22,4)20(19)6-7-43(21,30)3)61-41-38(58)35(55)39(29(15-48)64-41)65-42-37(57)34(54)32(52)28(14-47)63-42/h17-42,46-59H,5-16H2,1-4H3/t17-,18+,19-,20+,21+,22-,23-,24-,25-,26+,27-,28-,29-,30+,31-,32-,33+,34+,35-,36-,37-,38-,39+,40-,41-,42+,43+,44-,45-/m1/s1. The Morgan fingerprint density at radius 2 is 1.20 bits per heavy atom. The molecule has 4 aliphatic carbocycles. The summed E-state index contributed by atoms with van der Waals surface area (Å²) < 4.78 is 41.0. The molecule has 0 unspecified atom stereocenters. The Morgan fingerprint density at radius 1 is 0.621 bits per heavy atom. The molecule has 21 heteroatoms. The fourth-order valence-corrected chi connectivity index (χ4v) is 14.3. The molecule has 0 amide bonds. The Hall–Kier alpha value is -0.840. The van der Waals surface area contributed by atoms with Crippen molar-refractivity contribution >= 4 is 0 Å². The highest BCUT2D eigenvalue weighted by atomic mass is 16.7. The number of fused-ring (bicyclic) bond motifs is 7. The van der Waals surface area contributed by atoms with Gasteiger partial charge in [0.1, 0.15) is 73.2 Å². The summed E-state index contributed by atoms with van der Waals surface area (Å²) in [6, 6.07) is 0. The van der Waals surface area contributed by atoms with Crippen LogP contribution < -0.4 is 0 Å². The summed E-state index contributed by atoms with van der Waals surface area (Å²) in [5.74, 6) is -1.42. The molecule has 0 bridgehead atoms. The molecule has 0 aromatic rings. The van der Waals surface area contributed by atoms with Crippen molar-refractivity contribution in [2.45, 2.75) is 201 Å². The average molecular weight is 953 g/mol. The van der Waals surface area contributed by atoms with Crippen molar-refractivity contribution in [3.63, 3.8) is 0 Å². The summed E-state index contributed by atoms with van der Waals surface area (Å²) in [6.07, 6.45) is -21.5. The molecule has 4 aliphatic heterocycles. The second-order valence-corrected chi connectivity index (χ2v) is 21.7. The quantitative estimate of drug-likeness (QED) is 0.0786. The molecule has 29 atom stereocenters. The second-order valence-electron chi connectivity index (χ2n) is 21.7. The summed E-state index contributed by atoms with van der Waals surface area (Å²) in [5, 5.41) is 149. The van der Waals surface area contributed by atoms with Crippen molar-refractivity contribution in [2.24, 2.45) is 52.3 Å². The molecular weight excluding hydrogens is 876 g/mol. The van der Waals surface area contributed by atoms with E-state index in [-0.39, 0.29) is 66.0 Å². The lowest BCUT2D eigenvalue weighted by molar-refractivity contribution is -0.367. The minimum Gasteiger partial charge on any atom is -0.394 e. The van der Waals surface area contributed by atoms with Crippen LogP contribution in [0.15, 0.2) is 0 Å². The highest BCUT2D eigenvalue weighted by molar-refractivity contribution is 5.16. The highest BCUT2D eigenvalue weighted by Crippen LogP contribution is 2.71. The van der Waals surface area contributed by atoms with Gasteiger partial charge in [0.05, 0.1) is 50.8 Å². The van der Waals surface area contributed by atoms with Gasteiger partial charge in [0, 0.05) is 12.3 Å². The van der Waals surface area contributed by atoms with Crippen LogP contribution in [0.1, 0.15) is 79.1 Å². The maximum atomic E-state index is 12.0. The normalized spacial score (nSPS) is 56.5. The zero-order valence-corrected chi connectivity index (χ0v) is 38.1. The van der Waals surface area contributed by atoms with Gasteiger partial charge in [-0.2, -0.15) is 0 Å². The van der Waals surface area contributed by atoms with Crippen LogP contribution in [-0.4, -0.2) is 220 Å². The summed E-state index contributed by atoms with van der Waals surface area (Å²) >= 11 is 0. The van der Waals surface area contributed by atoms with E-state index in [1.807, 2.05) is 13.8 Å². The SMILES string of the molecule is C[C@H](CC[C@@]1(O)O[C@H]2C[C@H]3[C@@H]4C[C@@H](O)[C@H]5C[C@@H](O[C@@H]6O[C@H](CO)[C@H](O[C@@H]7O[C@H](CO)[C@@H](O)[C@H](O)[C@H]7O)[C@H](O)[C@H]6O)[C@H](O)C[C@]5(C)[C@H]4CC[C@]3(C)[C@H]2[C@@H]1C)CO[C@@H]1O[C@H](CO)[C@@H](O)[C@H](O)[C@H]1O. The fourth-order valence-electron chi connectivity index (χ4n) is 14.3. The van der Waals surface area contributed by atoms with Gasteiger partial charge in [-0.25, -0.2) is 0 Å². The lowest BCUT2D eigenvalue weighted by Crippen LogP contribution is -2.65. The van der Waals surface area contributed by atoms with Crippen molar-refractivity contribution in [2.75, 3.05) is 26.4 Å². The Balaban J connectivity index is 0.868. The number of aliphatic hydroxyl groups excluding tert-OH is 13. The van der Waals surface area contributed by atoms with E-state index in [9.17, 15) is 71.5 Å². The number of hydrogen-bond acceptors (Lipinski definition) is 21. The molecule has 4 saturated carbocycles. The zero-order chi connectivity index (χ0) is 47.9. The lowest BCUT2D eigenvalue weighted by atomic mass is 9.43. The third-order valence-corrected chi connectivity index (χ3v) is 18.0. The van der Waals surface area contributed by atoms with E-state index in [1.165, 1.54) is 0 Å². The first-order chi connectivity index (χ1) is 31.1. The molecule has 382 valence electrons. The van der Waals surface area contributed by atoms with E-state index in [4.69, 9.17) is 33.2 Å². The van der Waals surface area contributed by atoms with Gasteiger partial charge in [-0.15, -0.1) is 0 Å². The molecule has 0 aromatic heterocycles. The summed E-state index contributed by atoms with van der Waals surface area (Å²) in [6.45, 7) is 6.52. The van der Waals surface area contributed by atoms with Crippen LogP contribution in [0.4, 0.5) is 0 Å². The van der Waals surface area contributed by atoms with Gasteiger partial charge in [-0.1, -0.05) is 27.7 Å². The summed E-state index contributed by atoms with van der Waals surface area (Å²) in [5.41, 5.74) is -0.663. The first kappa shape index (κ1) is 51.5. The van der Waals surface area contributed by atoms with Crippen LogP contribution in [0.3, 0.4) is 0 Å². The van der Waals surface area contributed by atoms with E-state index < -0.39 is 141 Å². The predicted molar refractivity (Wildman–Crippen MR) is 222 cm³/mol. The monoisotopic (exact) mass is 952 g/mol. The minimum absolute atomic E-state index is 0.0637. The first-order valence-corrected chi connectivity index (χ1v) is 24.0. The van der Waals surface area contributed by atoms with Gasteiger partial charge in [0.2, 0.25) is 0 Å². The molecule has 21 nitrogen and oxygen atoms in total. The van der Waals surface area contributed by atoms with E-state index in [0.717, 1.165) is 19.3 Å². The molecule has 8 rings (SSSR count). The van der Waals surface area contributed by atoms with Crippen molar-refractivity contribution in [3.05, 3.63) is 0 Å². The van der Waals surface area contributed by atoms with Crippen LogP contribution in [0.5, 0.6) is 0 Å². The molecule has 8 aliphatic rings. The molecule has 0 radical (unpaired) electrons. The molecule has 0 spiro atoms. The number of aliphatic hydroxyl groups is 14. The first-order valence-electron chi connectivity index (χ1n) is 24.0. The van der Waals surface area contributed by atoms with Crippen LogP contribution in [-0.2, 0) is 33.2 Å². The summed E-state index contributed by atoms with van der Waals surface area (Å²) in [4.78, 5) is 0. The topological polar surface area (TPSA) is 348 Å². The highest BCUT2D eigenvalue weighted by Gasteiger charge is 2.69. The maximum Gasteiger partial charge on any atom is 0.187 e. The zero-order valence-electron chi connectivity index (χ0n) is 38.1. The van der Waals surface area contributed by atoms with Gasteiger partial charge in [0.15, 0.2) is 24.7 Å². The lowest BCUT2D eigenvalue weighted by Gasteiger charge is -2.63. The Kier molecular flexibility index (Phi) is 15.3. The molecule has 14 N–H and O–H groups in total. The largest absolute Gasteiger partial charge is 0.394 e. The molecule has 0 aromatic carbocycles. The molecular formula is C45H76O21. The molecule has 66 heavy (non-hydrogen) atoms. The third-order valence-electron chi connectivity index (χ3n) is 18.0.